The maximum Gasteiger partial charge on any atom is 0.0521 e. The monoisotopic (exact) mass is 180 g/mol. The zero-order chi connectivity index (χ0) is 8.10. The molecule has 0 nitrogen and oxygen atoms in total. The maximum absolute atomic E-state index is 4.19. The van der Waals surface area contributed by atoms with E-state index in [1.807, 2.05) is 24.3 Å². The van der Waals surface area contributed by atoms with E-state index in [-0.39, 0.29) is 0 Å². The number of hydrogen-bond donors (Lipinski definition) is 2. The summed E-state index contributed by atoms with van der Waals surface area (Å²) in [5.41, 5.74) is 0.992. The van der Waals surface area contributed by atoms with Gasteiger partial charge in [0.05, 0.1) is 5.75 Å². The number of benzene rings is 1. The van der Waals surface area contributed by atoms with Crippen molar-refractivity contribution in [2.45, 2.75) is 4.90 Å². The molecule has 0 saturated carbocycles. The fourth-order valence-electron chi connectivity index (χ4n) is 0.725. The summed E-state index contributed by atoms with van der Waals surface area (Å²) in [6.45, 7) is 0. The smallest absolute Gasteiger partial charge is 0.0521 e. The van der Waals surface area contributed by atoms with Gasteiger partial charge in [-0.25, -0.2) is 0 Å². The molecule has 56 valence electrons. The van der Waals surface area contributed by atoms with Gasteiger partial charge in [0, 0.05) is 10.5 Å². The highest BCUT2D eigenvalue weighted by molar-refractivity contribution is 7.80. The topological polar surface area (TPSA) is 0 Å². The molecule has 0 unspecified atom stereocenters. The summed E-state index contributed by atoms with van der Waals surface area (Å²) in [6, 6.07) is 7.75. The van der Waals surface area contributed by atoms with Crippen LogP contribution < -0.4 is 0 Å². The quantitative estimate of drug-likeness (QED) is 0.444. The summed E-state index contributed by atoms with van der Waals surface area (Å²) < 4.78 is 0. The summed E-state index contributed by atoms with van der Waals surface area (Å²) in [5, 5.41) is 0. The molecule has 0 spiro atoms. The first-order valence-corrected chi connectivity index (χ1v) is 4.29. The molecule has 0 atom stereocenters. The van der Waals surface area contributed by atoms with E-state index in [0.29, 0.717) is 5.75 Å². The highest BCUT2D eigenvalue weighted by Crippen LogP contribution is 2.07. The van der Waals surface area contributed by atoms with Gasteiger partial charge in [0.15, 0.2) is 0 Å². The summed E-state index contributed by atoms with van der Waals surface area (Å²) >= 11 is 8.17. The van der Waals surface area contributed by atoms with Crippen molar-refractivity contribution in [3.05, 3.63) is 29.8 Å². The van der Waals surface area contributed by atoms with Crippen molar-refractivity contribution in [3.63, 3.8) is 0 Å². The van der Waals surface area contributed by atoms with Crippen LogP contribution in [0.15, 0.2) is 29.2 Å². The minimum Gasteiger partial charge on any atom is -0.166 e. The van der Waals surface area contributed by atoms with E-state index in [2.05, 4.69) is 37.1 Å². The van der Waals surface area contributed by atoms with Crippen molar-refractivity contribution in [3.8, 4) is 11.8 Å². The van der Waals surface area contributed by atoms with Gasteiger partial charge in [-0.05, 0) is 18.2 Å². The van der Waals surface area contributed by atoms with E-state index in [0.717, 1.165) is 10.5 Å². The van der Waals surface area contributed by atoms with Crippen LogP contribution in [0.25, 0.3) is 0 Å². The third-order valence-electron chi connectivity index (χ3n) is 1.16. The molecule has 2 heteroatoms. The van der Waals surface area contributed by atoms with Gasteiger partial charge in [0.2, 0.25) is 0 Å². The Bertz CT molecular complexity index is 294. The third kappa shape index (κ3) is 2.92. The number of thiol groups is 2. The van der Waals surface area contributed by atoms with Crippen molar-refractivity contribution in [2.24, 2.45) is 0 Å². The molecule has 0 heterocycles. The SMILES string of the molecule is SCC#Cc1cccc(S)c1. The minimum atomic E-state index is 0.594. The van der Waals surface area contributed by atoms with E-state index in [9.17, 15) is 0 Å². The highest BCUT2D eigenvalue weighted by atomic mass is 32.1. The van der Waals surface area contributed by atoms with Crippen molar-refractivity contribution < 1.29 is 0 Å². The van der Waals surface area contributed by atoms with E-state index >= 15 is 0 Å². The van der Waals surface area contributed by atoms with Crippen LogP contribution in [0.3, 0.4) is 0 Å². The molecule has 1 aromatic rings. The first-order chi connectivity index (χ1) is 5.33. The van der Waals surface area contributed by atoms with Gasteiger partial charge < -0.3 is 0 Å². The first kappa shape index (κ1) is 8.58. The van der Waals surface area contributed by atoms with E-state index in [1.165, 1.54) is 0 Å². The van der Waals surface area contributed by atoms with E-state index in [4.69, 9.17) is 0 Å². The summed E-state index contributed by atoms with van der Waals surface area (Å²) in [4.78, 5) is 0.941. The molecule has 0 amide bonds. The van der Waals surface area contributed by atoms with Gasteiger partial charge in [-0.2, -0.15) is 12.6 Å². The molecule has 0 saturated heterocycles. The molecule has 0 aliphatic rings. The Morgan fingerprint density at radius 2 is 2.18 bits per heavy atom. The van der Waals surface area contributed by atoms with Crippen LogP contribution in [0, 0.1) is 11.8 Å². The number of rotatable bonds is 0. The molecule has 1 rings (SSSR count). The Labute approximate surface area is 77.8 Å². The molecule has 0 N–H and O–H groups in total. The van der Waals surface area contributed by atoms with Crippen LogP contribution in [0.5, 0.6) is 0 Å². The average molecular weight is 180 g/mol. The van der Waals surface area contributed by atoms with E-state index in [1.54, 1.807) is 0 Å². The van der Waals surface area contributed by atoms with Gasteiger partial charge in [0.25, 0.3) is 0 Å². The molecule has 0 radical (unpaired) electrons. The first-order valence-electron chi connectivity index (χ1n) is 3.21. The molecule has 11 heavy (non-hydrogen) atoms. The zero-order valence-electron chi connectivity index (χ0n) is 5.91. The van der Waals surface area contributed by atoms with Crippen molar-refractivity contribution in [2.75, 3.05) is 5.75 Å². The molecular weight excluding hydrogens is 172 g/mol. The normalized spacial score (nSPS) is 8.55. The Kier molecular flexibility index (Phi) is 3.41. The maximum atomic E-state index is 4.19. The van der Waals surface area contributed by atoms with Crippen LogP contribution in [-0.4, -0.2) is 5.75 Å². The summed E-state index contributed by atoms with van der Waals surface area (Å²) in [5.74, 6) is 6.43. The fraction of sp³-hybridized carbons (Fsp3) is 0.111. The van der Waals surface area contributed by atoms with Crippen LogP contribution in [0.4, 0.5) is 0 Å². The zero-order valence-corrected chi connectivity index (χ0v) is 7.70. The number of hydrogen-bond acceptors (Lipinski definition) is 2. The predicted molar refractivity (Wildman–Crippen MR) is 54.4 cm³/mol. The fourth-order valence-corrected chi connectivity index (χ4v) is 1.03. The molecule has 0 fully saturated rings. The van der Waals surface area contributed by atoms with Gasteiger partial charge in [0.1, 0.15) is 0 Å². The van der Waals surface area contributed by atoms with Crippen molar-refractivity contribution in [1.29, 1.82) is 0 Å². The lowest BCUT2D eigenvalue weighted by molar-refractivity contribution is 1.45. The second-order valence-corrected chi connectivity index (χ2v) is 2.84. The standard InChI is InChI=1S/C9H8S2/c10-6-2-4-8-3-1-5-9(11)7-8/h1,3,5,7,10-11H,6H2. The lowest BCUT2D eigenvalue weighted by Gasteiger charge is -1.90. The van der Waals surface area contributed by atoms with Crippen molar-refractivity contribution in [1.82, 2.24) is 0 Å². The second-order valence-electron chi connectivity index (χ2n) is 2.01. The summed E-state index contributed by atoms with van der Waals surface area (Å²) in [6.07, 6.45) is 0. The Morgan fingerprint density at radius 3 is 2.82 bits per heavy atom. The van der Waals surface area contributed by atoms with E-state index < -0.39 is 0 Å². The largest absolute Gasteiger partial charge is 0.166 e. The highest BCUT2D eigenvalue weighted by Gasteiger charge is 1.85. The third-order valence-corrected chi connectivity index (χ3v) is 1.59. The predicted octanol–water partition coefficient (Wildman–Crippen LogP) is 2.26. The molecule has 0 aliphatic carbocycles. The summed E-state index contributed by atoms with van der Waals surface area (Å²) in [7, 11) is 0. The van der Waals surface area contributed by atoms with Crippen LogP contribution in [0.2, 0.25) is 0 Å². The second kappa shape index (κ2) is 4.38. The van der Waals surface area contributed by atoms with Crippen LogP contribution in [0.1, 0.15) is 5.56 Å². The van der Waals surface area contributed by atoms with Gasteiger partial charge >= 0.3 is 0 Å². The molecular formula is C9H8S2. The molecule has 0 bridgehead atoms. The Morgan fingerprint density at radius 1 is 1.36 bits per heavy atom. The molecule has 0 aromatic heterocycles. The van der Waals surface area contributed by atoms with Crippen LogP contribution >= 0.6 is 25.3 Å². The lowest BCUT2D eigenvalue weighted by atomic mass is 10.2. The van der Waals surface area contributed by atoms with Gasteiger partial charge in [-0.1, -0.05) is 17.9 Å². The molecule has 1 aromatic carbocycles. The van der Waals surface area contributed by atoms with Gasteiger partial charge in [-0.3, -0.25) is 0 Å². The lowest BCUT2D eigenvalue weighted by Crippen LogP contribution is -1.73. The van der Waals surface area contributed by atoms with Gasteiger partial charge in [-0.15, -0.1) is 12.6 Å². The Hall–Kier alpha value is -0.520. The average Bonchev–Trinajstić information content (AvgIpc) is 2.01. The Balaban J connectivity index is 2.87. The molecule has 0 aliphatic heterocycles. The minimum absolute atomic E-state index is 0.594. The van der Waals surface area contributed by atoms with Crippen LogP contribution in [-0.2, 0) is 0 Å². The van der Waals surface area contributed by atoms with Crippen molar-refractivity contribution >= 4 is 25.3 Å².